The lowest BCUT2D eigenvalue weighted by molar-refractivity contribution is 0.223. The normalized spacial score (nSPS) is 11.8. The minimum atomic E-state index is 0.00128. The fraction of sp³-hybridized carbons (Fsp3) is 0.294. The van der Waals surface area contributed by atoms with Gasteiger partial charge in [-0.3, -0.25) is 0 Å². The fourth-order valence-electron chi connectivity index (χ4n) is 1.94. The first-order valence-corrected chi connectivity index (χ1v) is 7.27. The van der Waals surface area contributed by atoms with Crippen molar-refractivity contribution in [3.63, 3.8) is 0 Å². The molecule has 1 unspecified atom stereocenters. The summed E-state index contributed by atoms with van der Waals surface area (Å²) < 4.78 is 11.2. The maximum Gasteiger partial charge on any atom is 0.161 e. The summed E-state index contributed by atoms with van der Waals surface area (Å²) >= 11 is 6.11. The average Bonchev–Trinajstić information content (AvgIpc) is 2.49. The first-order valence-electron chi connectivity index (χ1n) is 6.90. The predicted octanol–water partition coefficient (Wildman–Crippen LogP) is 4.54. The highest BCUT2D eigenvalue weighted by molar-refractivity contribution is 6.31. The zero-order valence-electron chi connectivity index (χ0n) is 12.5. The Bertz CT molecular complexity index is 601. The number of anilines is 1. The molecule has 4 heteroatoms. The van der Waals surface area contributed by atoms with Crippen LogP contribution < -0.4 is 14.8 Å². The van der Waals surface area contributed by atoms with Gasteiger partial charge in [0, 0.05) is 10.7 Å². The summed E-state index contributed by atoms with van der Waals surface area (Å²) in [4.78, 5) is 0. The Labute approximate surface area is 130 Å². The summed E-state index contributed by atoms with van der Waals surface area (Å²) in [6.45, 7) is 4.67. The highest BCUT2D eigenvalue weighted by atomic mass is 35.5. The Kier molecular flexibility index (Phi) is 5.34. The minimum absolute atomic E-state index is 0.00128. The molecule has 0 spiro atoms. The fourth-order valence-corrected chi connectivity index (χ4v) is 2.12. The van der Waals surface area contributed by atoms with Gasteiger partial charge < -0.3 is 14.8 Å². The van der Waals surface area contributed by atoms with Crippen molar-refractivity contribution in [1.82, 2.24) is 0 Å². The van der Waals surface area contributed by atoms with Crippen molar-refractivity contribution < 1.29 is 9.47 Å². The van der Waals surface area contributed by atoms with E-state index < -0.39 is 0 Å². The van der Waals surface area contributed by atoms with Crippen LogP contribution >= 0.6 is 11.6 Å². The molecule has 0 amide bonds. The number of ether oxygens (including phenoxy) is 2. The molecule has 2 aromatic carbocycles. The van der Waals surface area contributed by atoms with Crippen LogP contribution in [0.1, 0.15) is 12.5 Å². The highest BCUT2D eigenvalue weighted by Crippen LogP contribution is 2.27. The van der Waals surface area contributed by atoms with E-state index in [1.807, 2.05) is 56.3 Å². The van der Waals surface area contributed by atoms with Gasteiger partial charge in [0.25, 0.3) is 0 Å². The van der Waals surface area contributed by atoms with Crippen molar-refractivity contribution in [2.75, 3.05) is 19.0 Å². The van der Waals surface area contributed by atoms with E-state index in [1.165, 1.54) is 0 Å². The lowest BCUT2D eigenvalue weighted by Crippen LogP contribution is -2.22. The first-order chi connectivity index (χ1) is 10.1. The van der Waals surface area contributed by atoms with Gasteiger partial charge in [0.15, 0.2) is 11.5 Å². The van der Waals surface area contributed by atoms with Crippen molar-refractivity contribution in [1.29, 1.82) is 0 Å². The van der Waals surface area contributed by atoms with Crippen LogP contribution in [0, 0.1) is 6.92 Å². The van der Waals surface area contributed by atoms with Crippen LogP contribution in [-0.4, -0.2) is 19.8 Å². The van der Waals surface area contributed by atoms with Crippen molar-refractivity contribution in [3.8, 4) is 11.5 Å². The van der Waals surface area contributed by atoms with Crippen LogP contribution in [0.2, 0.25) is 5.02 Å². The van der Waals surface area contributed by atoms with Gasteiger partial charge in [-0.2, -0.15) is 0 Å². The van der Waals surface area contributed by atoms with E-state index in [1.54, 1.807) is 7.11 Å². The van der Waals surface area contributed by atoms with E-state index >= 15 is 0 Å². The molecular formula is C17H20ClNO2. The van der Waals surface area contributed by atoms with Gasteiger partial charge in [0.1, 0.15) is 6.10 Å². The number of para-hydroxylation sites is 2. The molecule has 112 valence electrons. The van der Waals surface area contributed by atoms with Crippen LogP contribution in [0.4, 0.5) is 5.69 Å². The van der Waals surface area contributed by atoms with E-state index in [0.29, 0.717) is 6.54 Å². The van der Waals surface area contributed by atoms with Gasteiger partial charge in [0.2, 0.25) is 0 Å². The molecule has 1 N–H and O–H groups in total. The molecular weight excluding hydrogens is 286 g/mol. The van der Waals surface area contributed by atoms with Crippen LogP contribution in [0.15, 0.2) is 42.5 Å². The van der Waals surface area contributed by atoms with Gasteiger partial charge in [-0.1, -0.05) is 29.8 Å². The monoisotopic (exact) mass is 305 g/mol. The molecule has 3 nitrogen and oxygen atoms in total. The maximum atomic E-state index is 6.11. The Morgan fingerprint density at radius 3 is 2.52 bits per heavy atom. The topological polar surface area (TPSA) is 30.5 Å². The third-order valence-corrected chi connectivity index (χ3v) is 3.57. The van der Waals surface area contributed by atoms with E-state index in [-0.39, 0.29) is 6.10 Å². The molecule has 1 atom stereocenters. The maximum absolute atomic E-state index is 6.11. The van der Waals surface area contributed by atoms with Gasteiger partial charge >= 0.3 is 0 Å². The van der Waals surface area contributed by atoms with Crippen LogP contribution in [0.25, 0.3) is 0 Å². The second-order valence-corrected chi connectivity index (χ2v) is 5.33. The largest absolute Gasteiger partial charge is 0.493 e. The minimum Gasteiger partial charge on any atom is -0.493 e. The lowest BCUT2D eigenvalue weighted by Gasteiger charge is -2.18. The van der Waals surface area contributed by atoms with Crippen molar-refractivity contribution in [3.05, 3.63) is 53.1 Å². The molecule has 0 aliphatic rings. The molecule has 0 saturated heterocycles. The molecule has 0 heterocycles. The third kappa shape index (κ3) is 4.30. The van der Waals surface area contributed by atoms with E-state index in [2.05, 4.69) is 5.32 Å². The molecule has 2 rings (SSSR count). The number of hydrogen-bond acceptors (Lipinski definition) is 3. The summed E-state index contributed by atoms with van der Waals surface area (Å²) in [5.74, 6) is 1.49. The van der Waals surface area contributed by atoms with Gasteiger partial charge in [0.05, 0.1) is 13.7 Å². The predicted molar refractivity (Wildman–Crippen MR) is 87.8 cm³/mol. The standard InChI is InChI=1S/C17H20ClNO2/c1-12-8-9-14(10-15(12)18)19-11-13(2)21-17-7-5-4-6-16(17)20-3/h4-10,13,19H,11H2,1-3H3. The zero-order valence-corrected chi connectivity index (χ0v) is 13.3. The van der Waals surface area contributed by atoms with E-state index in [4.69, 9.17) is 21.1 Å². The van der Waals surface area contributed by atoms with Gasteiger partial charge in [-0.25, -0.2) is 0 Å². The molecule has 21 heavy (non-hydrogen) atoms. The van der Waals surface area contributed by atoms with Crippen molar-refractivity contribution >= 4 is 17.3 Å². The van der Waals surface area contributed by atoms with Crippen molar-refractivity contribution in [2.45, 2.75) is 20.0 Å². The second kappa shape index (κ2) is 7.23. The number of methoxy groups -OCH3 is 1. The molecule has 0 aliphatic carbocycles. The molecule has 0 saturated carbocycles. The Balaban J connectivity index is 1.92. The number of halogens is 1. The lowest BCUT2D eigenvalue weighted by atomic mass is 10.2. The van der Waals surface area contributed by atoms with E-state index in [9.17, 15) is 0 Å². The van der Waals surface area contributed by atoms with Crippen molar-refractivity contribution in [2.24, 2.45) is 0 Å². The molecule has 0 fully saturated rings. The first kappa shape index (κ1) is 15.5. The number of hydrogen-bond donors (Lipinski definition) is 1. The summed E-state index contributed by atoms with van der Waals surface area (Å²) in [7, 11) is 1.64. The SMILES string of the molecule is COc1ccccc1OC(C)CNc1ccc(C)c(Cl)c1. The van der Waals surface area contributed by atoms with Crippen LogP contribution in [0.5, 0.6) is 11.5 Å². The van der Waals surface area contributed by atoms with E-state index in [0.717, 1.165) is 27.8 Å². The quantitative estimate of drug-likeness (QED) is 0.850. The Morgan fingerprint density at radius 1 is 1.14 bits per heavy atom. The zero-order chi connectivity index (χ0) is 15.2. The molecule has 0 aliphatic heterocycles. The summed E-state index contributed by atoms with van der Waals surface area (Å²) in [6.07, 6.45) is 0.00128. The van der Waals surface area contributed by atoms with Gasteiger partial charge in [-0.15, -0.1) is 0 Å². The summed E-state index contributed by atoms with van der Waals surface area (Å²) in [6, 6.07) is 13.6. The molecule has 0 aromatic heterocycles. The average molecular weight is 306 g/mol. The number of aryl methyl sites for hydroxylation is 1. The third-order valence-electron chi connectivity index (χ3n) is 3.16. The molecule has 2 aromatic rings. The summed E-state index contributed by atoms with van der Waals surface area (Å²) in [5.41, 5.74) is 2.06. The number of nitrogens with one attached hydrogen (secondary N) is 1. The highest BCUT2D eigenvalue weighted by Gasteiger charge is 2.08. The second-order valence-electron chi connectivity index (χ2n) is 4.92. The number of rotatable bonds is 6. The van der Waals surface area contributed by atoms with Gasteiger partial charge in [-0.05, 0) is 43.7 Å². The molecule has 0 radical (unpaired) electrons. The van der Waals surface area contributed by atoms with Crippen LogP contribution in [-0.2, 0) is 0 Å². The number of benzene rings is 2. The van der Waals surface area contributed by atoms with Crippen LogP contribution in [0.3, 0.4) is 0 Å². The Morgan fingerprint density at radius 2 is 1.86 bits per heavy atom. The molecule has 0 bridgehead atoms. The Hall–Kier alpha value is -1.87. The summed E-state index contributed by atoms with van der Waals surface area (Å²) in [5, 5.41) is 4.08. The smallest absolute Gasteiger partial charge is 0.161 e.